The molecule has 0 aliphatic carbocycles. The molecule has 0 radical (unpaired) electrons. The monoisotopic (exact) mass is 530 g/mol. The predicted molar refractivity (Wildman–Crippen MR) is 130 cm³/mol. The molecule has 0 saturated carbocycles. The Kier molecular flexibility index (Phi) is 10.5. The van der Waals surface area contributed by atoms with Gasteiger partial charge in [0.1, 0.15) is 6.04 Å². The number of amides is 2. The first-order valence-corrected chi connectivity index (χ1v) is 12.4. The van der Waals surface area contributed by atoms with Gasteiger partial charge in [-0.05, 0) is 48.7 Å². The molecule has 0 unspecified atom stereocenters. The molecule has 4 nitrogen and oxygen atoms in total. The van der Waals surface area contributed by atoms with Crippen LogP contribution in [0.4, 0.5) is 0 Å². The fraction of sp³-hybridized carbons (Fsp3) is 0.364. The molecule has 1 atom stereocenters. The third kappa shape index (κ3) is 7.80. The Bertz CT molecular complexity index is 865. The van der Waals surface area contributed by atoms with E-state index in [2.05, 4.69) is 21.2 Å². The van der Waals surface area contributed by atoms with Crippen LogP contribution in [0.5, 0.6) is 0 Å². The van der Waals surface area contributed by atoms with Gasteiger partial charge >= 0.3 is 0 Å². The van der Waals surface area contributed by atoms with Crippen molar-refractivity contribution in [2.24, 2.45) is 0 Å². The Labute approximate surface area is 200 Å². The van der Waals surface area contributed by atoms with Gasteiger partial charge in [-0.25, -0.2) is 0 Å². The molecule has 0 saturated heterocycles. The minimum Gasteiger partial charge on any atom is -0.354 e. The normalized spacial score (nSPS) is 11.8. The van der Waals surface area contributed by atoms with Gasteiger partial charge in [0, 0.05) is 23.3 Å². The maximum atomic E-state index is 13.0. The quantitative estimate of drug-likeness (QED) is 0.413. The summed E-state index contributed by atoms with van der Waals surface area (Å²) in [4.78, 5) is 27.1. The lowest BCUT2D eigenvalue weighted by atomic mass is 10.1. The van der Waals surface area contributed by atoms with Crippen LogP contribution in [0.3, 0.4) is 0 Å². The number of nitrogens with zero attached hydrogens (tertiary/aromatic N) is 1. The van der Waals surface area contributed by atoms with E-state index < -0.39 is 6.04 Å². The highest BCUT2D eigenvalue weighted by atomic mass is 79.9. The van der Waals surface area contributed by atoms with Gasteiger partial charge in [-0.15, -0.1) is 11.8 Å². The summed E-state index contributed by atoms with van der Waals surface area (Å²) in [6, 6.07) is 12.7. The van der Waals surface area contributed by atoms with E-state index in [1.807, 2.05) is 37.3 Å². The summed E-state index contributed by atoms with van der Waals surface area (Å²) < 4.78 is 1.02. The first-order valence-electron chi connectivity index (χ1n) is 9.65. The molecule has 2 aromatic rings. The van der Waals surface area contributed by atoms with Gasteiger partial charge in [0.15, 0.2) is 0 Å². The molecule has 0 heterocycles. The van der Waals surface area contributed by atoms with Gasteiger partial charge in [-0.3, -0.25) is 9.59 Å². The summed E-state index contributed by atoms with van der Waals surface area (Å²) in [5.74, 6) is 0.740. The van der Waals surface area contributed by atoms with Crippen molar-refractivity contribution >= 4 is 62.7 Å². The summed E-state index contributed by atoms with van der Waals surface area (Å²) in [5, 5.41) is 3.75. The van der Waals surface area contributed by atoms with Crippen LogP contribution in [0.1, 0.15) is 31.4 Å². The highest BCUT2D eigenvalue weighted by molar-refractivity contribution is 9.10. The molecule has 0 aliphatic heterocycles. The zero-order chi connectivity index (χ0) is 22.1. The van der Waals surface area contributed by atoms with Crippen molar-refractivity contribution in [1.82, 2.24) is 10.2 Å². The summed E-state index contributed by atoms with van der Waals surface area (Å²) in [7, 11) is 0. The Morgan fingerprint density at radius 1 is 1.10 bits per heavy atom. The summed E-state index contributed by atoms with van der Waals surface area (Å²) in [6.45, 7) is 4.60. The van der Waals surface area contributed by atoms with E-state index in [4.69, 9.17) is 23.2 Å². The van der Waals surface area contributed by atoms with Crippen LogP contribution in [-0.2, 0) is 21.9 Å². The Morgan fingerprint density at radius 2 is 1.77 bits per heavy atom. The molecule has 30 heavy (non-hydrogen) atoms. The number of halogens is 3. The molecule has 2 amide bonds. The van der Waals surface area contributed by atoms with E-state index in [0.29, 0.717) is 16.6 Å². The van der Waals surface area contributed by atoms with E-state index in [1.54, 1.807) is 24.0 Å². The maximum absolute atomic E-state index is 13.0. The van der Waals surface area contributed by atoms with E-state index in [9.17, 15) is 9.59 Å². The Balaban J connectivity index is 2.07. The number of benzene rings is 2. The molecule has 0 spiro atoms. The lowest BCUT2D eigenvalue weighted by molar-refractivity contribution is -0.138. The fourth-order valence-electron chi connectivity index (χ4n) is 2.73. The second-order valence-corrected chi connectivity index (χ2v) is 9.57. The topological polar surface area (TPSA) is 49.4 Å². The van der Waals surface area contributed by atoms with Crippen LogP contribution >= 0.6 is 50.9 Å². The van der Waals surface area contributed by atoms with Gasteiger partial charge in [0.2, 0.25) is 11.8 Å². The number of carbonyl (C=O) groups excluding carboxylic acids is 2. The average Bonchev–Trinajstić information content (AvgIpc) is 2.73. The summed E-state index contributed by atoms with van der Waals surface area (Å²) >= 11 is 17.1. The molecule has 0 aromatic heterocycles. The smallest absolute Gasteiger partial charge is 0.242 e. The van der Waals surface area contributed by atoms with Crippen molar-refractivity contribution in [2.45, 2.75) is 38.6 Å². The standard InChI is InChI=1S/C22H25BrCl2N2O2S/c1-3-10-26-22(29)15(2)27(12-17-6-9-19(24)20(25)11-17)21(28)14-30-13-16-4-7-18(23)8-5-16/h4-9,11,15H,3,10,12-14H2,1-2H3,(H,26,29)/t15-/m1/s1. The summed E-state index contributed by atoms with van der Waals surface area (Å²) in [5.41, 5.74) is 1.96. The van der Waals surface area contributed by atoms with Crippen molar-refractivity contribution in [3.8, 4) is 0 Å². The highest BCUT2D eigenvalue weighted by Gasteiger charge is 2.26. The van der Waals surface area contributed by atoms with Crippen molar-refractivity contribution in [1.29, 1.82) is 0 Å². The molecular weight excluding hydrogens is 507 g/mol. The zero-order valence-corrected chi connectivity index (χ0v) is 20.9. The molecular formula is C22H25BrCl2N2O2S. The number of thioether (sulfide) groups is 1. The highest BCUT2D eigenvalue weighted by Crippen LogP contribution is 2.24. The van der Waals surface area contributed by atoms with Gasteiger partial charge in [0.05, 0.1) is 15.8 Å². The van der Waals surface area contributed by atoms with Gasteiger partial charge in [0.25, 0.3) is 0 Å². The van der Waals surface area contributed by atoms with Crippen LogP contribution in [-0.4, -0.2) is 35.1 Å². The minimum atomic E-state index is -0.591. The third-order valence-corrected chi connectivity index (χ3v) is 6.72. The van der Waals surface area contributed by atoms with Gasteiger partial charge in [-0.1, -0.05) is 64.3 Å². The lowest BCUT2D eigenvalue weighted by Crippen LogP contribution is -2.48. The average molecular weight is 532 g/mol. The van der Waals surface area contributed by atoms with Crippen LogP contribution in [0.15, 0.2) is 46.9 Å². The van der Waals surface area contributed by atoms with Crippen molar-refractivity contribution in [2.75, 3.05) is 12.3 Å². The van der Waals surface area contributed by atoms with Gasteiger partial charge in [-0.2, -0.15) is 0 Å². The number of carbonyl (C=O) groups is 2. The first-order chi connectivity index (χ1) is 14.3. The first kappa shape index (κ1) is 25.1. The number of rotatable bonds is 10. The second-order valence-electron chi connectivity index (χ2n) is 6.86. The van der Waals surface area contributed by atoms with E-state index >= 15 is 0 Å². The fourth-order valence-corrected chi connectivity index (χ4v) is 4.19. The van der Waals surface area contributed by atoms with Crippen LogP contribution < -0.4 is 5.32 Å². The Morgan fingerprint density at radius 3 is 2.40 bits per heavy atom. The third-order valence-electron chi connectivity index (χ3n) is 4.46. The largest absolute Gasteiger partial charge is 0.354 e. The molecule has 2 aromatic carbocycles. The Hall–Kier alpha value is -1.21. The second kappa shape index (κ2) is 12.6. The van der Waals surface area contributed by atoms with E-state index in [1.165, 1.54) is 11.8 Å². The van der Waals surface area contributed by atoms with Crippen LogP contribution in [0.2, 0.25) is 10.0 Å². The van der Waals surface area contributed by atoms with E-state index in [0.717, 1.165) is 27.8 Å². The zero-order valence-electron chi connectivity index (χ0n) is 17.0. The predicted octanol–water partition coefficient (Wildman–Crippen LogP) is 5.93. The SMILES string of the molecule is CCCNC(=O)[C@@H](C)N(Cc1ccc(Cl)c(Cl)c1)C(=O)CSCc1ccc(Br)cc1. The van der Waals surface area contributed by atoms with Crippen molar-refractivity contribution < 1.29 is 9.59 Å². The summed E-state index contributed by atoms with van der Waals surface area (Å²) in [6.07, 6.45) is 0.836. The maximum Gasteiger partial charge on any atom is 0.242 e. The molecule has 162 valence electrons. The number of hydrogen-bond donors (Lipinski definition) is 1. The minimum absolute atomic E-state index is 0.0951. The van der Waals surface area contributed by atoms with Crippen molar-refractivity contribution in [3.63, 3.8) is 0 Å². The van der Waals surface area contributed by atoms with Gasteiger partial charge < -0.3 is 10.2 Å². The van der Waals surface area contributed by atoms with Crippen molar-refractivity contribution in [3.05, 3.63) is 68.1 Å². The molecule has 8 heteroatoms. The van der Waals surface area contributed by atoms with Crippen LogP contribution in [0.25, 0.3) is 0 Å². The molecule has 0 fully saturated rings. The lowest BCUT2D eigenvalue weighted by Gasteiger charge is -2.29. The number of hydrogen-bond acceptors (Lipinski definition) is 3. The molecule has 0 aliphatic rings. The van der Waals surface area contributed by atoms with E-state index in [-0.39, 0.29) is 24.1 Å². The number of nitrogens with one attached hydrogen (secondary N) is 1. The van der Waals surface area contributed by atoms with Crippen LogP contribution in [0, 0.1) is 0 Å². The molecule has 0 bridgehead atoms. The molecule has 1 N–H and O–H groups in total. The molecule has 2 rings (SSSR count).